The van der Waals surface area contributed by atoms with Crippen molar-refractivity contribution in [3.63, 3.8) is 0 Å². The molecule has 0 radical (unpaired) electrons. The van der Waals surface area contributed by atoms with Gasteiger partial charge in [0.2, 0.25) is 0 Å². The molecule has 0 aromatic heterocycles. The van der Waals surface area contributed by atoms with Crippen molar-refractivity contribution in [3.05, 3.63) is 53.6 Å². The van der Waals surface area contributed by atoms with Gasteiger partial charge in [-0.05, 0) is 21.9 Å². The second-order valence-electron chi connectivity index (χ2n) is 4.32. The molecular weight excluding hydrogens is 224 g/mol. The molecule has 0 amide bonds. The lowest BCUT2D eigenvalue weighted by atomic mass is 9.98. The smallest absolute Gasteiger partial charge is 0.308 e. The van der Waals surface area contributed by atoms with E-state index in [-0.39, 0.29) is 5.97 Å². The van der Waals surface area contributed by atoms with Gasteiger partial charge < -0.3 is 4.74 Å². The first-order valence-corrected chi connectivity index (χ1v) is 5.78. The highest BCUT2D eigenvalue weighted by Crippen LogP contribution is 2.35. The molecule has 0 N–H and O–H groups in total. The zero-order chi connectivity index (χ0) is 12.7. The molecule has 1 aliphatic carbocycles. The van der Waals surface area contributed by atoms with E-state index in [4.69, 9.17) is 4.74 Å². The van der Waals surface area contributed by atoms with E-state index in [1.807, 2.05) is 24.3 Å². The summed E-state index contributed by atoms with van der Waals surface area (Å²) in [5.74, 6) is 0.0551. The van der Waals surface area contributed by atoms with E-state index in [0.29, 0.717) is 5.76 Å². The quantitative estimate of drug-likeness (QED) is 0.499. The van der Waals surface area contributed by atoms with Crippen molar-refractivity contribution in [2.24, 2.45) is 0 Å². The van der Waals surface area contributed by atoms with Crippen LogP contribution in [-0.2, 0) is 9.53 Å². The summed E-state index contributed by atoms with van der Waals surface area (Å²) in [5, 5.41) is 2.27. The van der Waals surface area contributed by atoms with Crippen molar-refractivity contribution in [2.45, 2.75) is 6.92 Å². The highest BCUT2D eigenvalue weighted by atomic mass is 16.5. The van der Waals surface area contributed by atoms with Crippen LogP contribution in [0.25, 0.3) is 28.7 Å². The standard InChI is InChI=1S/C16H12O2/c1-10(18-11(2)17)14-9-8-13-7-6-12-4-3-5-15(14)16(12)13/h3-9H,1H2,2H3. The van der Waals surface area contributed by atoms with Gasteiger partial charge in [-0.15, -0.1) is 0 Å². The first-order chi connectivity index (χ1) is 8.66. The van der Waals surface area contributed by atoms with E-state index in [1.54, 1.807) is 0 Å². The van der Waals surface area contributed by atoms with Crippen LogP contribution in [0, 0.1) is 0 Å². The highest BCUT2D eigenvalue weighted by Gasteiger charge is 2.14. The molecule has 18 heavy (non-hydrogen) atoms. The van der Waals surface area contributed by atoms with Crippen molar-refractivity contribution in [1.29, 1.82) is 0 Å². The maximum absolute atomic E-state index is 11.0. The Kier molecular flexibility index (Phi) is 2.30. The molecule has 0 heterocycles. The molecule has 2 aromatic rings. The molecule has 0 unspecified atom stereocenters. The summed E-state index contributed by atoms with van der Waals surface area (Å²) >= 11 is 0. The Morgan fingerprint density at radius 1 is 1.11 bits per heavy atom. The Balaban J connectivity index is 2.22. The Morgan fingerprint density at radius 2 is 1.83 bits per heavy atom. The second-order valence-corrected chi connectivity index (χ2v) is 4.32. The molecule has 0 aliphatic heterocycles. The van der Waals surface area contributed by atoms with Crippen molar-refractivity contribution in [1.82, 2.24) is 0 Å². The lowest BCUT2D eigenvalue weighted by Gasteiger charge is -2.10. The molecular formula is C16H12O2. The maximum atomic E-state index is 11.0. The van der Waals surface area contributed by atoms with E-state index in [0.717, 1.165) is 10.9 Å². The predicted molar refractivity (Wildman–Crippen MR) is 73.7 cm³/mol. The van der Waals surface area contributed by atoms with Gasteiger partial charge in [0.05, 0.1) is 0 Å². The Labute approximate surface area is 105 Å². The van der Waals surface area contributed by atoms with E-state index in [1.165, 1.54) is 23.4 Å². The third kappa shape index (κ3) is 1.54. The number of benzene rings is 2. The predicted octanol–water partition coefficient (Wildman–Crippen LogP) is 3.86. The topological polar surface area (TPSA) is 26.3 Å². The van der Waals surface area contributed by atoms with Gasteiger partial charge in [-0.25, -0.2) is 0 Å². The summed E-state index contributed by atoms with van der Waals surface area (Å²) in [6.45, 7) is 5.21. The zero-order valence-corrected chi connectivity index (χ0v) is 10.1. The molecule has 0 fully saturated rings. The van der Waals surface area contributed by atoms with Crippen LogP contribution < -0.4 is 0 Å². The summed E-state index contributed by atoms with van der Waals surface area (Å²) < 4.78 is 5.09. The average molecular weight is 236 g/mol. The number of rotatable bonds is 2. The monoisotopic (exact) mass is 236 g/mol. The van der Waals surface area contributed by atoms with Crippen molar-refractivity contribution < 1.29 is 9.53 Å². The van der Waals surface area contributed by atoms with E-state index in [2.05, 4.69) is 24.8 Å². The molecule has 0 spiro atoms. The number of hydrogen-bond donors (Lipinski definition) is 0. The molecule has 0 bridgehead atoms. The second kappa shape index (κ2) is 3.84. The summed E-state index contributed by atoms with van der Waals surface area (Å²) in [5.41, 5.74) is 3.26. The number of carbonyl (C=O) groups is 1. The normalized spacial score (nSPS) is 11.8. The lowest BCUT2D eigenvalue weighted by molar-refractivity contribution is -0.134. The average Bonchev–Trinajstić information content (AvgIpc) is 2.74. The third-order valence-corrected chi connectivity index (χ3v) is 3.11. The lowest BCUT2D eigenvalue weighted by Crippen LogP contribution is -1.98. The molecule has 0 saturated heterocycles. The van der Waals surface area contributed by atoms with Gasteiger partial charge in [-0.3, -0.25) is 4.79 Å². The van der Waals surface area contributed by atoms with Gasteiger partial charge in [0.25, 0.3) is 0 Å². The Bertz CT molecular complexity index is 696. The van der Waals surface area contributed by atoms with Crippen LogP contribution in [0.4, 0.5) is 0 Å². The summed E-state index contributed by atoms with van der Waals surface area (Å²) in [7, 11) is 0. The first kappa shape index (κ1) is 10.8. The zero-order valence-electron chi connectivity index (χ0n) is 10.1. The van der Waals surface area contributed by atoms with Crippen LogP contribution >= 0.6 is 0 Å². The number of ether oxygens (including phenoxy) is 1. The van der Waals surface area contributed by atoms with Gasteiger partial charge in [-0.1, -0.05) is 49.1 Å². The van der Waals surface area contributed by atoms with Gasteiger partial charge in [0, 0.05) is 12.5 Å². The molecule has 2 aromatic carbocycles. The van der Waals surface area contributed by atoms with Crippen LogP contribution in [0.5, 0.6) is 0 Å². The van der Waals surface area contributed by atoms with Gasteiger partial charge in [-0.2, -0.15) is 0 Å². The van der Waals surface area contributed by atoms with E-state index in [9.17, 15) is 4.79 Å². The number of carbonyl (C=O) groups excluding carboxylic acids is 1. The van der Waals surface area contributed by atoms with E-state index >= 15 is 0 Å². The van der Waals surface area contributed by atoms with Gasteiger partial charge in [0.15, 0.2) is 0 Å². The fourth-order valence-electron chi connectivity index (χ4n) is 2.39. The number of hydrogen-bond acceptors (Lipinski definition) is 2. The van der Waals surface area contributed by atoms with Crippen LogP contribution in [0.1, 0.15) is 23.6 Å². The molecule has 0 atom stereocenters. The number of esters is 1. The minimum absolute atomic E-state index is 0.346. The first-order valence-electron chi connectivity index (χ1n) is 5.78. The van der Waals surface area contributed by atoms with Crippen LogP contribution in [0.2, 0.25) is 0 Å². The molecule has 1 aliphatic rings. The molecule has 2 heteroatoms. The summed E-state index contributed by atoms with van der Waals surface area (Å²) in [6, 6.07) is 10.1. The SMILES string of the molecule is C=C(OC(C)=O)c1ccc2c3c(cccc13)C=C2. The van der Waals surface area contributed by atoms with Crippen molar-refractivity contribution in [2.75, 3.05) is 0 Å². The van der Waals surface area contributed by atoms with E-state index < -0.39 is 0 Å². The third-order valence-electron chi connectivity index (χ3n) is 3.11. The molecule has 88 valence electrons. The minimum atomic E-state index is -0.346. The minimum Gasteiger partial charge on any atom is -0.427 e. The van der Waals surface area contributed by atoms with Gasteiger partial charge in [0.1, 0.15) is 5.76 Å². The molecule has 3 rings (SSSR count). The Morgan fingerprint density at radius 3 is 2.56 bits per heavy atom. The fraction of sp³-hybridized carbons (Fsp3) is 0.0625. The summed E-state index contributed by atoms with van der Waals surface area (Å²) in [6.07, 6.45) is 4.19. The van der Waals surface area contributed by atoms with Gasteiger partial charge >= 0.3 is 5.97 Å². The molecule has 0 saturated carbocycles. The van der Waals surface area contributed by atoms with Crippen molar-refractivity contribution >= 4 is 34.7 Å². The van der Waals surface area contributed by atoms with Crippen LogP contribution in [0.3, 0.4) is 0 Å². The summed E-state index contributed by atoms with van der Waals surface area (Å²) in [4.78, 5) is 11.0. The van der Waals surface area contributed by atoms with Crippen LogP contribution in [-0.4, -0.2) is 5.97 Å². The largest absolute Gasteiger partial charge is 0.427 e. The molecule has 2 nitrogen and oxygen atoms in total. The Hall–Kier alpha value is -2.35. The highest BCUT2D eigenvalue weighted by molar-refractivity contribution is 6.08. The van der Waals surface area contributed by atoms with Crippen LogP contribution in [0.15, 0.2) is 36.9 Å². The van der Waals surface area contributed by atoms with Crippen molar-refractivity contribution in [3.8, 4) is 0 Å². The maximum Gasteiger partial charge on any atom is 0.308 e. The fourth-order valence-corrected chi connectivity index (χ4v) is 2.39.